The van der Waals surface area contributed by atoms with E-state index in [9.17, 15) is 4.39 Å². The normalized spacial score (nSPS) is 19.2. The summed E-state index contributed by atoms with van der Waals surface area (Å²) in [6, 6.07) is 0.285. The third-order valence-corrected chi connectivity index (χ3v) is 7.63. The van der Waals surface area contributed by atoms with E-state index in [2.05, 4.69) is 73.7 Å². The number of hydrogen-bond acceptors (Lipinski definition) is 1. The molecule has 0 aliphatic rings. The van der Waals surface area contributed by atoms with E-state index < -0.39 is 16.2 Å². The van der Waals surface area contributed by atoms with Crippen LogP contribution >= 0.6 is 0 Å². The Balaban J connectivity index is 5.10. The van der Waals surface area contributed by atoms with Gasteiger partial charge in [-0.05, 0) is 36.5 Å². The van der Waals surface area contributed by atoms with E-state index in [4.69, 9.17) is 23.5 Å². The first-order valence-electron chi connectivity index (χ1n) is 11.0. The van der Waals surface area contributed by atoms with Crippen molar-refractivity contribution in [3.05, 3.63) is 12.2 Å². The quantitative estimate of drug-likeness (QED) is 0.352. The number of rotatable bonds is 10. The Bertz CT molecular complexity index is 551. The molecule has 3 atom stereocenters. The second kappa shape index (κ2) is 9.13. The summed E-state index contributed by atoms with van der Waals surface area (Å²) in [6.45, 7) is 25.3. The molecule has 5 heteroatoms. The zero-order valence-corrected chi connectivity index (χ0v) is 21.3. The summed E-state index contributed by atoms with van der Waals surface area (Å²) in [7, 11) is 18.6. The first-order chi connectivity index (χ1) is 12.5. The molecular weight excluding hydrogens is 354 g/mol. The van der Waals surface area contributed by atoms with Crippen molar-refractivity contribution in [3.63, 3.8) is 0 Å². The van der Waals surface area contributed by atoms with Gasteiger partial charge in [0.1, 0.15) is 7.85 Å². The highest BCUT2D eigenvalue weighted by Gasteiger charge is 2.39. The van der Waals surface area contributed by atoms with Crippen LogP contribution in [0.25, 0.3) is 0 Å². The van der Waals surface area contributed by atoms with E-state index in [1.165, 1.54) is 6.92 Å². The summed E-state index contributed by atoms with van der Waals surface area (Å²) in [5.74, 6) is 0.175. The Morgan fingerprint density at radius 1 is 0.793 bits per heavy atom. The van der Waals surface area contributed by atoms with Crippen molar-refractivity contribution in [2.45, 2.75) is 106 Å². The van der Waals surface area contributed by atoms with Crippen LogP contribution in [-0.2, 0) is 0 Å². The third-order valence-electron chi connectivity index (χ3n) is 7.63. The molecule has 1 N–H and O–H groups in total. The van der Waals surface area contributed by atoms with Crippen molar-refractivity contribution in [2.75, 3.05) is 6.54 Å². The molecule has 0 fully saturated rings. The van der Waals surface area contributed by atoms with Gasteiger partial charge in [-0.3, -0.25) is 4.39 Å². The van der Waals surface area contributed by atoms with Gasteiger partial charge in [0.15, 0.2) is 0 Å². The van der Waals surface area contributed by atoms with Crippen LogP contribution in [0.3, 0.4) is 0 Å². The van der Waals surface area contributed by atoms with Gasteiger partial charge in [-0.25, -0.2) is 0 Å². The molecule has 0 aliphatic heterocycles. The molecule has 162 valence electrons. The molecule has 0 aromatic heterocycles. The molecule has 0 aromatic rings. The molecule has 0 heterocycles. The Morgan fingerprint density at radius 2 is 1.21 bits per heavy atom. The van der Waals surface area contributed by atoms with Crippen molar-refractivity contribution in [1.82, 2.24) is 5.32 Å². The number of alkyl halides is 1. The van der Waals surface area contributed by atoms with Crippen molar-refractivity contribution < 1.29 is 4.39 Å². The summed E-state index contributed by atoms with van der Waals surface area (Å²) in [5.41, 5.74) is -2.87. The molecule has 3 unspecified atom stereocenters. The average Bonchev–Trinajstić information content (AvgIpc) is 2.48. The highest BCUT2D eigenvalue weighted by Crippen LogP contribution is 2.47. The second-order valence-electron chi connectivity index (χ2n) is 12.3. The fourth-order valence-electron chi connectivity index (χ4n) is 3.01. The first-order valence-corrected chi connectivity index (χ1v) is 11.0. The molecule has 0 aliphatic carbocycles. The maximum atomic E-state index is 14.3. The van der Waals surface area contributed by atoms with E-state index in [-0.39, 0.29) is 28.2 Å². The molecule has 0 spiro atoms. The number of hydrogen-bond donors (Lipinski definition) is 1. The van der Waals surface area contributed by atoms with Crippen LogP contribution in [0.15, 0.2) is 12.2 Å². The highest BCUT2D eigenvalue weighted by atomic mass is 19.1. The summed E-state index contributed by atoms with van der Waals surface area (Å²) in [4.78, 5) is 0. The summed E-state index contributed by atoms with van der Waals surface area (Å²) >= 11 is 0. The van der Waals surface area contributed by atoms with E-state index in [0.29, 0.717) is 0 Å². The maximum absolute atomic E-state index is 14.3. The van der Waals surface area contributed by atoms with Crippen LogP contribution in [0.2, 0.25) is 5.21 Å². The van der Waals surface area contributed by atoms with Crippen molar-refractivity contribution >= 4 is 23.5 Å². The van der Waals surface area contributed by atoms with Crippen LogP contribution < -0.4 is 5.32 Å². The Morgan fingerprint density at radius 3 is 1.59 bits per heavy atom. The molecule has 0 saturated heterocycles. The van der Waals surface area contributed by atoms with Gasteiger partial charge in [0.25, 0.3) is 0 Å². The van der Waals surface area contributed by atoms with Gasteiger partial charge in [0.2, 0.25) is 0 Å². The van der Waals surface area contributed by atoms with Gasteiger partial charge in [0, 0.05) is 18.0 Å². The van der Waals surface area contributed by atoms with Crippen molar-refractivity contribution in [2.24, 2.45) is 27.6 Å². The van der Waals surface area contributed by atoms with Crippen LogP contribution in [0.1, 0.15) is 89.5 Å². The lowest BCUT2D eigenvalue weighted by Gasteiger charge is -2.46. The van der Waals surface area contributed by atoms with Gasteiger partial charge >= 0.3 is 0 Å². The van der Waals surface area contributed by atoms with Gasteiger partial charge in [-0.2, -0.15) is 0 Å². The van der Waals surface area contributed by atoms with Crippen LogP contribution in [0.4, 0.5) is 4.39 Å². The Kier molecular flexibility index (Phi) is 9.08. The minimum atomic E-state index is -1.77. The smallest absolute Gasteiger partial charge is 0.122 e. The predicted molar refractivity (Wildman–Crippen MR) is 131 cm³/mol. The molecular formula is C24H45B3FN. The zero-order valence-electron chi connectivity index (χ0n) is 21.3. The fraction of sp³-hybridized carbons (Fsp3) is 0.917. The van der Waals surface area contributed by atoms with Crippen LogP contribution in [-0.4, -0.2) is 41.7 Å². The molecule has 29 heavy (non-hydrogen) atoms. The predicted octanol–water partition coefficient (Wildman–Crippen LogP) is 5.98. The number of halogens is 1. The fourth-order valence-corrected chi connectivity index (χ4v) is 3.01. The van der Waals surface area contributed by atoms with Crippen LogP contribution in [0.5, 0.6) is 0 Å². The highest BCUT2D eigenvalue weighted by molar-refractivity contribution is 6.40. The molecule has 0 saturated carbocycles. The van der Waals surface area contributed by atoms with Gasteiger partial charge in [0.05, 0.1) is 21.3 Å². The topological polar surface area (TPSA) is 12.0 Å². The minimum absolute atomic E-state index is 0.0507. The van der Waals surface area contributed by atoms with Crippen molar-refractivity contribution in [3.8, 4) is 0 Å². The lowest BCUT2D eigenvalue weighted by molar-refractivity contribution is 0.140. The summed E-state index contributed by atoms with van der Waals surface area (Å²) in [6.07, 6.45) is 4.93. The molecule has 0 amide bonds. The largest absolute Gasteiger partial charge is 0.314 e. The van der Waals surface area contributed by atoms with E-state index >= 15 is 0 Å². The number of nitrogens with one attached hydrogen (secondary N) is 1. The Labute approximate surface area is 186 Å². The second-order valence-corrected chi connectivity index (χ2v) is 12.3. The first kappa shape index (κ1) is 28.8. The molecule has 0 bridgehead atoms. The Hall–Kier alpha value is -0.175. The summed E-state index contributed by atoms with van der Waals surface area (Å²) in [5, 5.41) is 2.94. The SMILES string of the molecule is [B]C(C)(F)C(C)(C)/C=C/C(C)(C)C(C)(C)CNC(C)CC(C)C([B])([B])C(C)(C)C. The lowest BCUT2D eigenvalue weighted by atomic mass is 9.38. The van der Waals surface area contributed by atoms with E-state index in [1.54, 1.807) is 0 Å². The average molecular weight is 399 g/mol. The van der Waals surface area contributed by atoms with E-state index in [0.717, 1.165) is 13.0 Å². The zero-order chi connectivity index (χ0) is 23.7. The summed E-state index contributed by atoms with van der Waals surface area (Å²) < 4.78 is 14.3. The monoisotopic (exact) mass is 399 g/mol. The van der Waals surface area contributed by atoms with Crippen molar-refractivity contribution in [1.29, 1.82) is 0 Å². The molecule has 0 aromatic carbocycles. The standard InChI is InChI=1S/C24H45B3FN/c1-17(24(26,27)19(3,4)5)15-18(2)29-16-22(10,11)20(6,7)13-14-21(8,9)23(12,25)28/h13-14,17-18,29H,15-16H2,1-12H3/b14-13+. The van der Waals surface area contributed by atoms with Crippen LogP contribution in [0, 0.1) is 27.6 Å². The molecule has 1 nitrogen and oxygen atoms in total. The minimum Gasteiger partial charge on any atom is -0.314 e. The lowest BCUT2D eigenvalue weighted by Crippen LogP contribution is -2.45. The third kappa shape index (κ3) is 7.48. The molecule has 6 radical (unpaired) electrons. The maximum Gasteiger partial charge on any atom is 0.122 e. The molecule has 0 rings (SSSR count). The van der Waals surface area contributed by atoms with Gasteiger partial charge < -0.3 is 5.32 Å². The van der Waals surface area contributed by atoms with Gasteiger partial charge in [-0.1, -0.05) is 92.5 Å². The van der Waals surface area contributed by atoms with E-state index in [1.807, 2.05) is 19.9 Å². The number of allylic oxidation sites excluding steroid dienone is 2. The van der Waals surface area contributed by atoms with Gasteiger partial charge in [-0.15, -0.1) is 0 Å².